The second-order valence-electron chi connectivity index (χ2n) is 6.16. The van der Waals surface area contributed by atoms with Gasteiger partial charge in [0.25, 0.3) is 5.91 Å². The number of amides is 2. The molecule has 28 heavy (non-hydrogen) atoms. The number of anilines is 1. The third-order valence-corrected chi connectivity index (χ3v) is 4.03. The first-order chi connectivity index (χ1) is 13.2. The molecule has 0 saturated carbocycles. The van der Waals surface area contributed by atoms with Gasteiger partial charge in [0.15, 0.2) is 0 Å². The number of hydrogen-bond acceptors (Lipinski definition) is 4. The lowest BCUT2D eigenvalue weighted by molar-refractivity contribution is -0.137. The minimum atomic E-state index is -4.52. The van der Waals surface area contributed by atoms with Gasteiger partial charge in [0.1, 0.15) is 5.82 Å². The van der Waals surface area contributed by atoms with Crippen LogP contribution in [0.3, 0.4) is 0 Å². The molecule has 1 heterocycles. The SMILES string of the molecule is Cc1ccc(C(=O)NCC(=O)NCCNc2ncccc2C(F)(F)F)cc1C. The van der Waals surface area contributed by atoms with Gasteiger partial charge < -0.3 is 16.0 Å². The summed E-state index contributed by atoms with van der Waals surface area (Å²) in [6.07, 6.45) is -3.27. The van der Waals surface area contributed by atoms with Crippen LogP contribution in [0, 0.1) is 13.8 Å². The largest absolute Gasteiger partial charge is 0.419 e. The van der Waals surface area contributed by atoms with Crippen LogP contribution in [-0.2, 0) is 11.0 Å². The zero-order valence-corrected chi connectivity index (χ0v) is 15.5. The van der Waals surface area contributed by atoms with Crippen LogP contribution in [0.25, 0.3) is 0 Å². The van der Waals surface area contributed by atoms with E-state index in [2.05, 4.69) is 20.9 Å². The van der Waals surface area contributed by atoms with E-state index in [0.29, 0.717) is 5.56 Å². The predicted molar refractivity (Wildman–Crippen MR) is 99.0 cm³/mol. The monoisotopic (exact) mass is 394 g/mol. The van der Waals surface area contributed by atoms with E-state index in [1.807, 2.05) is 19.9 Å². The topological polar surface area (TPSA) is 83.1 Å². The number of rotatable bonds is 7. The van der Waals surface area contributed by atoms with Crippen LogP contribution < -0.4 is 16.0 Å². The van der Waals surface area contributed by atoms with Crippen LogP contribution in [0.5, 0.6) is 0 Å². The fourth-order valence-corrected chi connectivity index (χ4v) is 2.37. The Balaban J connectivity index is 1.75. The Kier molecular flexibility index (Phi) is 6.97. The van der Waals surface area contributed by atoms with Crippen LogP contribution in [0.15, 0.2) is 36.5 Å². The van der Waals surface area contributed by atoms with Gasteiger partial charge in [0.2, 0.25) is 5.91 Å². The van der Waals surface area contributed by atoms with Gasteiger partial charge in [0, 0.05) is 24.8 Å². The average molecular weight is 394 g/mol. The van der Waals surface area contributed by atoms with E-state index < -0.39 is 17.6 Å². The van der Waals surface area contributed by atoms with E-state index in [1.54, 1.807) is 12.1 Å². The van der Waals surface area contributed by atoms with Gasteiger partial charge >= 0.3 is 6.18 Å². The summed E-state index contributed by atoms with van der Waals surface area (Å²) < 4.78 is 38.6. The molecule has 0 spiro atoms. The summed E-state index contributed by atoms with van der Waals surface area (Å²) in [7, 11) is 0. The Morgan fingerprint density at radius 3 is 2.46 bits per heavy atom. The molecule has 0 aliphatic heterocycles. The lowest BCUT2D eigenvalue weighted by atomic mass is 10.1. The molecule has 0 saturated heterocycles. The van der Waals surface area contributed by atoms with Crippen LogP contribution >= 0.6 is 0 Å². The molecule has 2 amide bonds. The lowest BCUT2D eigenvalue weighted by Crippen LogP contribution is -2.38. The van der Waals surface area contributed by atoms with Crippen molar-refractivity contribution >= 4 is 17.6 Å². The molecular weight excluding hydrogens is 373 g/mol. The highest BCUT2D eigenvalue weighted by molar-refractivity contribution is 5.96. The molecule has 0 radical (unpaired) electrons. The molecule has 150 valence electrons. The molecule has 0 fully saturated rings. The first-order valence-corrected chi connectivity index (χ1v) is 8.56. The minimum absolute atomic E-state index is 0.0525. The van der Waals surface area contributed by atoms with Gasteiger partial charge in [-0.2, -0.15) is 13.2 Å². The molecule has 0 aliphatic carbocycles. The maximum Gasteiger partial charge on any atom is 0.419 e. The van der Waals surface area contributed by atoms with Crippen LogP contribution in [0.1, 0.15) is 27.0 Å². The van der Waals surface area contributed by atoms with Gasteiger partial charge in [-0.05, 0) is 49.2 Å². The van der Waals surface area contributed by atoms with Crippen LogP contribution in [0.4, 0.5) is 19.0 Å². The standard InChI is InChI=1S/C19H21F3N4O2/c1-12-5-6-14(10-13(12)2)18(28)26-11-16(27)23-8-9-25-17-15(19(20,21)22)4-3-7-24-17/h3-7,10H,8-9,11H2,1-2H3,(H,23,27)(H,24,25)(H,26,28). The lowest BCUT2D eigenvalue weighted by Gasteiger charge is -2.13. The fraction of sp³-hybridized carbons (Fsp3) is 0.316. The van der Waals surface area contributed by atoms with Crippen molar-refractivity contribution in [2.24, 2.45) is 0 Å². The van der Waals surface area contributed by atoms with Crippen LogP contribution in [-0.4, -0.2) is 36.4 Å². The summed E-state index contributed by atoms with van der Waals surface area (Å²) in [5, 5.41) is 7.56. The highest BCUT2D eigenvalue weighted by Crippen LogP contribution is 2.33. The fourth-order valence-electron chi connectivity index (χ4n) is 2.37. The van der Waals surface area contributed by atoms with E-state index in [9.17, 15) is 22.8 Å². The summed E-state index contributed by atoms with van der Waals surface area (Å²) in [6, 6.07) is 7.36. The Labute approximate surface area is 160 Å². The number of halogens is 3. The van der Waals surface area contributed by atoms with Gasteiger partial charge in [-0.1, -0.05) is 6.07 Å². The second-order valence-corrected chi connectivity index (χ2v) is 6.16. The molecule has 1 aromatic carbocycles. The summed E-state index contributed by atoms with van der Waals surface area (Å²) >= 11 is 0. The molecular formula is C19H21F3N4O2. The van der Waals surface area contributed by atoms with E-state index in [1.165, 1.54) is 12.3 Å². The normalized spacial score (nSPS) is 11.0. The van der Waals surface area contributed by atoms with E-state index in [4.69, 9.17) is 0 Å². The molecule has 0 atom stereocenters. The molecule has 3 N–H and O–H groups in total. The summed E-state index contributed by atoms with van der Waals surface area (Å²) in [5.74, 6) is -1.12. The van der Waals surface area contributed by atoms with E-state index >= 15 is 0 Å². The average Bonchev–Trinajstić information content (AvgIpc) is 2.65. The van der Waals surface area contributed by atoms with Gasteiger partial charge in [-0.15, -0.1) is 0 Å². The number of alkyl halides is 3. The van der Waals surface area contributed by atoms with Gasteiger partial charge in [0.05, 0.1) is 12.1 Å². The number of pyridine rings is 1. The maximum absolute atomic E-state index is 12.9. The van der Waals surface area contributed by atoms with Crippen molar-refractivity contribution in [3.63, 3.8) is 0 Å². The van der Waals surface area contributed by atoms with Gasteiger partial charge in [-0.3, -0.25) is 9.59 Å². The first kappa shape index (κ1) is 21.2. The van der Waals surface area contributed by atoms with Crippen molar-refractivity contribution in [2.45, 2.75) is 20.0 Å². The van der Waals surface area contributed by atoms with Crippen molar-refractivity contribution in [3.05, 3.63) is 58.8 Å². The maximum atomic E-state index is 12.9. The first-order valence-electron chi connectivity index (χ1n) is 8.56. The highest BCUT2D eigenvalue weighted by Gasteiger charge is 2.33. The van der Waals surface area contributed by atoms with E-state index in [-0.39, 0.29) is 31.4 Å². The van der Waals surface area contributed by atoms with Crippen molar-refractivity contribution in [1.29, 1.82) is 0 Å². The Bertz CT molecular complexity index is 853. The molecule has 0 unspecified atom stereocenters. The molecule has 2 rings (SSSR count). The summed E-state index contributed by atoms with van der Waals surface area (Å²) in [5.41, 5.74) is 1.61. The zero-order valence-electron chi connectivity index (χ0n) is 15.5. The number of aromatic nitrogens is 1. The Hall–Kier alpha value is -3.10. The number of nitrogens with zero attached hydrogens (tertiary/aromatic N) is 1. The van der Waals surface area contributed by atoms with Crippen LogP contribution in [0.2, 0.25) is 0 Å². The minimum Gasteiger partial charge on any atom is -0.368 e. The molecule has 2 aromatic rings. The summed E-state index contributed by atoms with van der Waals surface area (Å²) in [6.45, 7) is 3.71. The van der Waals surface area contributed by atoms with Crippen molar-refractivity contribution < 1.29 is 22.8 Å². The highest BCUT2D eigenvalue weighted by atomic mass is 19.4. The third-order valence-electron chi connectivity index (χ3n) is 4.03. The third kappa shape index (κ3) is 5.97. The molecule has 1 aromatic heterocycles. The molecule has 0 aliphatic rings. The quantitative estimate of drug-likeness (QED) is 0.631. The van der Waals surface area contributed by atoms with Crippen molar-refractivity contribution in [1.82, 2.24) is 15.6 Å². The number of aryl methyl sites for hydroxylation is 2. The molecule has 6 nitrogen and oxygen atoms in total. The number of nitrogens with one attached hydrogen (secondary N) is 3. The number of hydrogen-bond donors (Lipinski definition) is 3. The predicted octanol–water partition coefficient (Wildman–Crippen LogP) is 2.68. The molecule has 9 heteroatoms. The smallest absolute Gasteiger partial charge is 0.368 e. The number of carbonyl (C=O) groups excluding carboxylic acids is 2. The Morgan fingerprint density at radius 1 is 1.04 bits per heavy atom. The van der Waals surface area contributed by atoms with E-state index in [0.717, 1.165) is 17.2 Å². The zero-order chi connectivity index (χ0) is 20.7. The van der Waals surface area contributed by atoms with Crippen molar-refractivity contribution in [2.75, 3.05) is 25.0 Å². The van der Waals surface area contributed by atoms with Gasteiger partial charge in [-0.25, -0.2) is 4.98 Å². The number of benzene rings is 1. The Morgan fingerprint density at radius 2 is 1.79 bits per heavy atom. The van der Waals surface area contributed by atoms with Crippen molar-refractivity contribution in [3.8, 4) is 0 Å². The molecule has 0 bridgehead atoms. The second kappa shape index (κ2) is 9.20. The number of carbonyl (C=O) groups is 2. The summed E-state index contributed by atoms with van der Waals surface area (Å²) in [4.78, 5) is 27.5.